The summed E-state index contributed by atoms with van der Waals surface area (Å²) in [5.41, 5.74) is 1.52. The van der Waals surface area contributed by atoms with Crippen LogP contribution in [0.25, 0.3) is 11.7 Å². The molecule has 0 spiro atoms. The summed E-state index contributed by atoms with van der Waals surface area (Å²) in [7, 11) is 0. The Morgan fingerprint density at radius 2 is 1.80 bits per heavy atom. The first-order valence-corrected chi connectivity index (χ1v) is 12.2. The summed E-state index contributed by atoms with van der Waals surface area (Å²) in [5, 5.41) is 12.6. The van der Waals surface area contributed by atoms with Crippen LogP contribution < -0.4 is 15.1 Å². The Balaban J connectivity index is 1.05. The number of hydrogen-bond acceptors (Lipinski definition) is 8. The number of anilines is 2. The number of oxazole rings is 1. The van der Waals surface area contributed by atoms with Crippen LogP contribution in [0.15, 0.2) is 57.6 Å². The molecule has 182 valence electrons. The number of nitriles is 1. The number of piperazine rings is 1. The van der Waals surface area contributed by atoms with Gasteiger partial charge >= 0.3 is 0 Å². The number of piperidine rings is 1. The van der Waals surface area contributed by atoms with E-state index in [1.54, 1.807) is 18.4 Å². The molecule has 1 N–H and O–H groups in total. The van der Waals surface area contributed by atoms with E-state index < -0.39 is 0 Å². The second-order valence-electron chi connectivity index (χ2n) is 8.98. The monoisotopic (exact) mass is 474 g/mol. The maximum Gasteiger partial charge on any atom is 0.266 e. The van der Waals surface area contributed by atoms with Crippen molar-refractivity contribution in [2.24, 2.45) is 5.92 Å². The number of rotatable bonds is 7. The Morgan fingerprint density at radius 3 is 2.49 bits per heavy atom. The molecule has 3 aromatic rings. The van der Waals surface area contributed by atoms with Crippen LogP contribution in [0.1, 0.15) is 18.5 Å². The lowest BCUT2D eigenvalue weighted by Gasteiger charge is -2.36. The Kier molecular flexibility index (Phi) is 7.00. The zero-order valence-corrected chi connectivity index (χ0v) is 19.7. The molecule has 9 nitrogen and oxygen atoms in total. The minimum absolute atomic E-state index is 0.0285. The third-order valence-electron chi connectivity index (χ3n) is 6.82. The Labute approximate surface area is 204 Å². The average Bonchev–Trinajstić information content (AvgIpc) is 3.60. The van der Waals surface area contributed by atoms with Crippen molar-refractivity contribution in [2.45, 2.75) is 12.8 Å². The average molecular weight is 475 g/mol. The lowest BCUT2D eigenvalue weighted by atomic mass is 9.96. The first kappa shape index (κ1) is 23.0. The minimum atomic E-state index is -0.0285. The molecule has 1 amide bonds. The Morgan fingerprint density at radius 1 is 1.03 bits per heavy atom. The van der Waals surface area contributed by atoms with Crippen molar-refractivity contribution in [1.82, 2.24) is 15.2 Å². The number of para-hydroxylation sites is 1. The van der Waals surface area contributed by atoms with Gasteiger partial charge in [0.15, 0.2) is 5.76 Å². The van der Waals surface area contributed by atoms with Crippen LogP contribution in [-0.2, 0) is 4.79 Å². The van der Waals surface area contributed by atoms with E-state index in [2.05, 4.69) is 50.4 Å². The van der Waals surface area contributed by atoms with Gasteiger partial charge in [-0.2, -0.15) is 10.2 Å². The van der Waals surface area contributed by atoms with Crippen LogP contribution >= 0.6 is 0 Å². The molecule has 2 aliphatic rings. The van der Waals surface area contributed by atoms with Crippen molar-refractivity contribution in [3.8, 4) is 17.7 Å². The summed E-state index contributed by atoms with van der Waals surface area (Å²) in [6.45, 7) is 6.82. The van der Waals surface area contributed by atoms with E-state index in [9.17, 15) is 10.1 Å². The largest absolute Gasteiger partial charge is 0.459 e. The standard InChI is InChI=1S/C26H30N6O3/c27-19-22-26(35-25(29-22)23-7-4-18-34-23)32-11-8-20(9-12-32)24(33)28-10-13-30-14-16-31(17-15-30)21-5-2-1-3-6-21/h1-7,18,20H,8-17H2,(H,28,33). The lowest BCUT2D eigenvalue weighted by molar-refractivity contribution is -0.125. The number of carbonyl (C=O) groups excluding carboxylic acids is 1. The molecule has 2 saturated heterocycles. The fourth-order valence-electron chi connectivity index (χ4n) is 4.80. The molecule has 2 aliphatic heterocycles. The molecule has 35 heavy (non-hydrogen) atoms. The SMILES string of the molecule is N#Cc1nc(-c2ccco2)oc1N1CCC(C(=O)NCCN2CCN(c3ccccc3)CC2)CC1. The smallest absolute Gasteiger partial charge is 0.266 e. The summed E-state index contributed by atoms with van der Waals surface area (Å²) in [6, 6.07) is 16.1. The van der Waals surface area contributed by atoms with Crippen molar-refractivity contribution < 1.29 is 13.6 Å². The molecule has 1 aromatic carbocycles. The lowest BCUT2D eigenvalue weighted by Crippen LogP contribution is -2.49. The van der Waals surface area contributed by atoms with E-state index in [1.807, 2.05) is 11.0 Å². The van der Waals surface area contributed by atoms with E-state index >= 15 is 0 Å². The zero-order chi connectivity index (χ0) is 24.0. The molecule has 0 saturated carbocycles. The predicted molar refractivity (Wildman–Crippen MR) is 132 cm³/mol. The van der Waals surface area contributed by atoms with E-state index in [1.165, 1.54) is 5.69 Å². The number of aromatic nitrogens is 1. The molecule has 9 heteroatoms. The van der Waals surface area contributed by atoms with Gasteiger partial charge in [0.2, 0.25) is 17.5 Å². The Bertz CT molecular complexity index is 1140. The number of carbonyl (C=O) groups is 1. The molecule has 0 atom stereocenters. The van der Waals surface area contributed by atoms with Gasteiger partial charge in [-0.1, -0.05) is 18.2 Å². The fourth-order valence-corrected chi connectivity index (χ4v) is 4.80. The molecule has 4 heterocycles. The molecular weight excluding hydrogens is 444 g/mol. The van der Waals surface area contributed by atoms with Gasteiger partial charge in [-0.3, -0.25) is 9.69 Å². The molecule has 2 fully saturated rings. The normalized spacial score (nSPS) is 17.3. The van der Waals surface area contributed by atoms with Gasteiger partial charge in [-0.05, 0) is 37.1 Å². The summed E-state index contributed by atoms with van der Waals surface area (Å²) in [6.07, 6.45) is 2.96. The number of furan rings is 1. The molecule has 0 unspecified atom stereocenters. The number of amides is 1. The maximum absolute atomic E-state index is 12.7. The van der Waals surface area contributed by atoms with Crippen LogP contribution in [-0.4, -0.2) is 68.1 Å². The molecule has 2 aromatic heterocycles. The maximum atomic E-state index is 12.7. The van der Waals surface area contributed by atoms with Gasteiger partial charge in [0.25, 0.3) is 5.89 Å². The van der Waals surface area contributed by atoms with Gasteiger partial charge in [0.1, 0.15) is 6.07 Å². The molecular formula is C26H30N6O3. The van der Waals surface area contributed by atoms with Crippen molar-refractivity contribution in [1.29, 1.82) is 5.26 Å². The van der Waals surface area contributed by atoms with Crippen molar-refractivity contribution in [3.63, 3.8) is 0 Å². The number of benzene rings is 1. The van der Waals surface area contributed by atoms with Crippen molar-refractivity contribution in [2.75, 3.05) is 62.2 Å². The molecule has 0 aliphatic carbocycles. The van der Waals surface area contributed by atoms with E-state index in [0.29, 0.717) is 50.0 Å². The number of nitrogens with one attached hydrogen (secondary N) is 1. The quantitative estimate of drug-likeness (QED) is 0.558. The summed E-state index contributed by atoms with van der Waals surface area (Å²) < 4.78 is 11.2. The van der Waals surface area contributed by atoms with Crippen molar-refractivity contribution in [3.05, 3.63) is 54.4 Å². The van der Waals surface area contributed by atoms with Gasteiger partial charge in [0.05, 0.1) is 6.26 Å². The van der Waals surface area contributed by atoms with Gasteiger partial charge in [0, 0.05) is 64.0 Å². The highest BCUT2D eigenvalue weighted by molar-refractivity contribution is 5.79. The zero-order valence-electron chi connectivity index (χ0n) is 19.7. The number of nitrogens with zero attached hydrogens (tertiary/aromatic N) is 5. The molecule has 0 radical (unpaired) electrons. The highest BCUT2D eigenvalue weighted by atomic mass is 16.4. The first-order valence-electron chi connectivity index (χ1n) is 12.2. The first-order chi connectivity index (χ1) is 17.2. The van der Waals surface area contributed by atoms with Crippen LogP contribution in [0, 0.1) is 17.2 Å². The molecule has 5 rings (SSSR count). The predicted octanol–water partition coefficient (Wildman–Crippen LogP) is 2.96. The van der Waals surface area contributed by atoms with Crippen molar-refractivity contribution >= 4 is 17.5 Å². The van der Waals surface area contributed by atoms with Crippen LogP contribution in [0.4, 0.5) is 11.6 Å². The summed E-state index contributed by atoms with van der Waals surface area (Å²) >= 11 is 0. The Hall–Kier alpha value is -3.77. The van der Waals surface area contributed by atoms with E-state index in [-0.39, 0.29) is 17.5 Å². The second-order valence-corrected chi connectivity index (χ2v) is 8.98. The minimum Gasteiger partial charge on any atom is -0.459 e. The molecule has 0 bridgehead atoms. The topological polar surface area (TPSA) is 102 Å². The summed E-state index contributed by atoms with van der Waals surface area (Å²) in [5.74, 6) is 1.32. The van der Waals surface area contributed by atoms with Gasteiger partial charge < -0.3 is 24.0 Å². The van der Waals surface area contributed by atoms with Gasteiger partial charge in [-0.15, -0.1) is 0 Å². The van der Waals surface area contributed by atoms with E-state index in [0.717, 1.165) is 32.7 Å². The third-order valence-corrected chi connectivity index (χ3v) is 6.82. The number of hydrogen-bond donors (Lipinski definition) is 1. The van der Waals surface area contributed by atoms with Crippen LogP contribution in [0.3, 0.4) is 0 Å². The fraction of sp³-hybridized carbons (Fsp3) is 0.423. The van der Waals surface area contributed by atoms with E-state index in [4.69, 9.17) is 8.83 Å². The highest BCUT2D eigenvalue weighted by Gasteiger charge is 2.29. The van der Waals surface area contributed by atoms with Gasteiger partial charge in [-0.25, -0.2) is 0 Å². The van der Waals surface area contributed by atoms with Crippen LogP contribution in [0.5, 0.6) is 0 Å². The highest BCUT2D eigenvalue weighted by Crippen LogP contribution is 2.31. The van der Waals surface area contributed by atoms with Crippen LogP contribution in [0.2, 0.25) is 0 Å². The second kappa shape index (κ2) is 10.7. The third kappa shape index (κ3) is 5.33. The summed E-state index contributed by atoms with van der Waals surface area (Å²) in [4.78, 5) is 23.8.